The first-order valence-corrected chi connectivity index (χ1v) is 19.2. The molecule has 52 heavy (non-hydrogen) atoms. The summed E-state index contributed by atoms with van der Waals surface area (Å²) in [4.78, 5) is 62.9. The standard InChI is InChI=1S/C39H56N6O7/c1-4-51-35(46)26-41-14-10-31(11-15-41)42-19-21-43(22-20-42)37(48)34(25-29-23-27(2)36(47)28(3)24-29)52-39(50)44-16-12-32(13-17-44)45-18-9-30-7-5-6-8-33(30)40-38(45)49/h7-8,23-24,31-32,34,47H,4-6,9-22,25-26H2,1-3H3,(H,40,49)/t34-/m1/s1. The van der Waals surface area contributed by atoms with Crippen molar-refractivity contribution in [3.05, 3.63) is 52.2 Å². The van der Waals surface area contributed by atoms with Gasteiger partial charge in [0.1, 0.15) is 5.75 Å². The van der Waals surface area contributed by atoms with Gasteiger partial charge in [0.25, 0.3) is 5.91 Å². The van der Waals surface area contributed by atoms with E-state index < -0.39 is 12.2 Å². The number of carbonyl (C=O) groups is 4. The minimum atomic E-state index is -1.01. The predicted molar refractivity (Wildman–Crippen MR) is 196 cm³/mol. The molecule has 5 aliphatic rings. The Hall–Kier alpha value is -4.10. The molecule has 0 bridgehead atoms. The van der Waals surface area contributed by atoms with Crippen LogP contribution in [0.15, 0.2) is 35.6 Å². The minimum absolute atomic E-state index is 0.0203. The van der Waals surface area contributed by atoms with Crippen molar-refractivity contribution >= 4 is 24.0 Å². The number of ether oxygens (including phenoxy) is 2. The number of allylic oxidation sites excluding steroid dienone is 3. The van der Waals surface area contributed by atoms with Crippen LogP contribution >= 0.6 is 0 Å². The van der Waals surface area contributed by atoms with E-state index in [0.29, 0.717) is 75.9 Å². The number of phenolic OH excluding ortho intramolecular Hbond substituents is 1. The van der Waals surface area contributed by atoms with E-state index >= 15 is 0 Å². The Bertz CT molecular complexity index is 1510. The van der Waals surface area contributed by atoms with Crippen molar-refractivity contribution in [3.63, 3.8) is 0 Å². The molecule has 1 atom stereocenters. The lowest BCUT2D eigenvalue weighted by molar-refractivity contribution is -0.144. The van der Waals surface area contributed by atoms with Gasteiger partial charge in [-0.2, -0.15) is 0 Å². The molecule has 0 spiro atoms. The van der Waals surface area contributed by atoms with E-state index in [-0.39, 0.29) is 36.1 Å². The van der Waals surface area contributed by atoms with Gasteiger partial charge in [-0.25, -0.2) is 9.59 Å². The quantitative estimate of drug-likeness (QED) is 0.366. The second-order valence-corrected chi connectivity index (χ2v) is 14.8. The fourth-order valence-corrected chi connectivity index (χ4v) is 8.43. The van der Waals surface area contributed by atoms with Crippen LogP contribution in [0.4, 0.5) is 9.59 Å². The van der Waals surface area contributed by atoms with E-state index in [2.05, 4.69) is 27.3 Å². The molecule has 0 aromatic heterocycles. The number of hydrogen-bond donors (Lipinski definition) is 2. The number of fused-ring (bicyclic) bond motifs is 1. The first-order valence-electron chi connectivity index (χ1n) is 19.2. The summed E-state index contributed by atoms with van der Waals surface area (Å²) in [5.41, 5.74) is 4.38. The van der Waals surface area contributed by atoms with E-state index in [1.165, 1.54) is 5.57 Å². The first kappa shape index (κ1) is 37.7. The molecule has 13 nitrogen and oxygen atoms in total. The summed E-state index contributed by atoms with van der Waals surface area (Å²) in [6, 6.07) is 4.04. The lowest BCUT2D eigenvalue weighted by Crippen LogP contribution is -2.57. The summed E-state index contributed by atoms with van der Waals surface area (Å²) in [5.74, 6) is -0.165. The van der Waals surface area contributed by atoms with Crippen LogP contribution in [0, 0.1) is 13.8 Å². The van der Waals surface area contributed by atoms with Crippen molar-refractivity contribution in [2.45, 2.75) is 90.3 Å². The zero-order chi connectivity index (χ0) is 36.8. The largest absolute Gasteiger partial charge is 0.507 e. The Kier molecular flexibility index (Phi) is 12.4. The number of nitrogens with one attached hydrogen (secondary N) is 1. The number of piperazine rings is 1. The third kappa shape index (κ3) is 9.09. The molecular formula is C39H56N6O7. The molecule has 13 heteroatoms. The molecule has 284 valence electrons. The highest BCUT2D eigenvalue weighted by atomic mass is 16.6. The number of rotatable bonds is 9. The second-order valence-electron chi connectivity index (χ2n) is 14.8. The van der Waals surface area contributed by atoms with Crippen LogP contribution in [0.3, 0.4) is 0 Å². The zero-order valence-electron chi connectivity index (χ0n) is 31.1. The van der Waals surface area contributed by atoms with Crippen LogP contribution in [0.25, 0.3) is 0 Å². The zero-order valence-corrected chi connectivity index (χ0v) is 31.1. The van der Waals surface area contributed by atoms with Crippen LogP contribution in [0.5, 0.6) is 5.75 Å². The van der Waals surface area contributed by atoms with Gasteiger partial charge >= 0.3 is 18.1 Å². The molecule has 0 unspecified atom stereocenters. The summed E-state index contributed by atoms with van der Waals surface area (Å²) in [6.45, 7) is 11.9. The van der Waals surface area contributed by atoms with Gasteiger partial charge in [0.2, 0.25) is 0 Å². The summed E-state index contributed by atoms with van der Waals surface area (Å²) >= 11 is 0. The van der Waals surface area contributed by atoms with Crippen molar-refractivity contribution in [2.24, 2.45) is 0 Å². The fraction of sp³-hybridized carbons (Fsp3) is 0.641. The second kappa shape index (κ2) is 17.2. The van der Waals surface area contributed by atoms with Gasteiger partial charge in [-0.3, -0.25) is 19.4 Å². The highest BCUT2D eigenvalue weighted by molar-refractivity contribution is 5.84. The molecular weight excluding hydrogens is 664 g/mol. The highest BCUT2D eigenvalue weighted by Gasteiger charge is 2.37. The van der Waals surface area contributed by atoms with E-state index in [4.69, 9.17) is 9.47 Å². The van der Waals surface area contributed by atoms with Crippen LogP contribution in [-0.4, -0.2) is 144 Å². The van der Waals surface area contributed by atoms with Crippen molar-refractivity contribution < 1.29 is 33.8 Å². The smallest absolute Gasteiger partial charge is 0.410 e. The number of likely N-dealkylation sites (tertiary alicyclic amines) is 2. The van der Waals surface area contributed by atoms with Crippen LogP contribution in [0.2, 0.25) is 0 Å². The average molecular weight is 721 g/mol. The number of piperidine rings is 2. The first-order chi connectivity index (χ1) is 25.1. The third-order valence-corrected chi connectivity index (χ3v) is 11.4. The number of phenols is 1. The van der Waals surface area contributed by atoms with E-state index in [0.717, 1.165) is 69.5 Å². The molecule has 1 aromatic rings. The van der Waals surface area contributed by atoms with Crippen molar-refractivity contribution in [1.29, 1.82) is 0 Å². The van der Waals surface area contributed by atoms with Crippen LogP contribution in [0.1, 0.15) is 68.6 Å². The van der Waals surface area contributed by atoms with E-state index in [9.17, 15) is 24.3 Å². The Balaban J connectivity index is 1.05. The fourth-order valence-electron chi connectivity index (χ4n) is 8.43. The van der Waals surface area contributed by atoms with Crippen molar-refractivity contribution in [3.8, 4) is 5.75 Å². The summed E-state index contributed by atoms with van der Waals surface area (Å²) in [7, 11) is 0. The van der Waals surface area contributed by atoms with Gasteiger partial charge < -0.3 is 34.6 Å². The molecule has 2 N–H and O–H groups in total. The number of aryl methyl sites for hydroxylation is 2. The maximum Gasteiger partial charge on any atom is 0.410 e. The molecule has 4 saturated heterocycles. The minimum Gasteiger partial charge on any atom is -0.507 e. The maximum atomic E-state index is 14.1. The van der Waals surface area contributed by atoms with Crippen molar-refractivity contribution in [1.82, 2.24) is 29.8 Å². The molecule has 0 saturated carbocycles. The van der Waals surface area contributed by atoms with Gasteiger partial charge in [-0.15, -0.1) is 0 Å². The topological polar surface area (TPSA) is 135 Å². The Morgan fingerprint density at radius 1 is 0.865 bits per heavy atom. The van der Waals surface area contributed by atoms with E-state index in [1.54, 1.807) is 4.90 Å². The molecule has 4 amide bonds. The van der Waals surface area contributed by atoms with Gasteiger partial charge in [0.05, 0.1) is 13.2 Å². The number of hydrogen-bond acceptors (Lipinski definition) is 9. The molecule has 4 fully saturated rings. The normalized spacial score (nSPS) is 21.8. The maximum absolute atomic E-state index is 14.1. The number of nitrogens with zero attached hydrogens (tertiary/aromatic N) is 5. The SMILES string of the molecule is CCOC(=O)CN1CCC(N2CCN(C(=O)[C@@H](Cc3cc(C)c(O)c(C)c3)OC(=O)N3CCC(N4CCC5=CCCC=C5NC4=O)CC3)CC2)CC1. The number of carbonyl (C=O) groups excluding carboxylic acids is 4. The van der Waals surface area contributed by atoms with Crippen LogP contribution in [-0.2, 0) is 25.5 Å². The Morgan fingerprint density at radius 3 is 2.19 bits per heavy atom. The highest BCUT2D eigenvalue weighted by Crippen LogP contribution is 2.28. The van der Waals surface area contributed by atoms with Crippen molar-refractivity contribution in [2.75, 3.05) is 72.1 Å². The molecule has 0 radical (unpaired) electrons. The lowest BCUT2D eigenvalue weighted by atomic mass is 10.00. The van der Waals surface area contributed by atoms with E-state index in [1.807, 2.05) is 42.7 Å². The predicted octanol–water partition coefficient (Wildman–Crippen LogP) is 3.71. The van der Waals surface area contributed by atoms with Crippen LogP contribution < -0.4 is 5.32 Å². The molecule has 4 heterocycles. The summed E-state index contributed by atoms with van der Waals surface area (Å²) in [6.07, 6.45) is 8.97. The third-order valence-electron chi connectivity index (χ3n) is 11.4. The average Bonchev–Trinajstić information content (AvgIpc) is 3.31. The molecule has 1 aromatic carbocycles. The molecule has 6 rings (SSSR count). The molecule has 1 aliphatic carbocycles. The monoisotopic (exact) mass is 720 g/mol. The Labute approximate surface area is 307 Å². The summed E-state index contributed by atoms with van der Waals surface area (Å²) in [5, 5.41) is 13.5. The van der Waals surface area contributed by atoms with Gasteiger partial charge in [0.15, 0.2) is 6.10 Å². The number of aromatic hydroxyl groups is 1. The number of esters is 1. The number of benzene rings is 1. The van der Waals surface area contributed by atoms with Gasteiger partial charge in [-0.1, -0.05) is 24.3 Å². The summed E-state index contributed by atoms with van der Waals surface area (Å²) < 4.78 is 11.2. The Morgan fingerprint density at radius 2 is 1.52 bits per heavy atom. The number of amides is 4. The van der Waals surface area contributed by atoms with Gasteiger partial charge in [-0.05, 0) is 88.0 Å². The molecule has 4 aliphatic heterocycles. The lowest BCUT2D eigenvalue weighted by Gasteiger charge is -2.43. The number of urea groups is 1. The van der Waals surface area contributed by atoms with Gasteiger partial charge in [0, 0.05) is 83.1 Å².